The zero-order chi connectivity index (χ0) is 15.6. The van der Waals surface area contributed by atoms with E-state index in [1.54, 1.807) is 0 Å². The van der Waals surface area contributed by atoms with Gasteiger partial charge in [0.25, 0.3) is 0 Å². The second-order valence-corrected chi connectivity index (χ2v) is 6.66. The molecule has 0 fully saturated rings. The molecule has 1 atom stereocenters. The van der Waals surface area contributed by atoms with Crippen LogP contribution in [0.4, 0.5) is 0 Å². The van der Waals surface area contributed by atoms with Gasteiger partial charge in [-0.15, -0.1) is 0 Å². The topological polar surface area (TPSA) is 56.5 Å². The van der Waals surface area contributed by atoms with Gasteiger partial charge < -0.3 is 10.3 Å². The minimum absolute atomic E-state index is 0.484. The van der Waals surface area contributed by atoms with Crippen molar-refractivity contribution in [2.45, 2.75) is 51.6 Å². The van der Waals surface area contributed by atoms with Crippen LogP contribution >= 0.6 is 0 Å². The Hall–Kier alpha value is -2.07. The van der Waals surface area contributed by atoms with E-state index in [1.165, 1.54) is 52.7 Å². The number of para-hydroxylation sites is 1. The van der Waals surface area contributed by atoms with Crippen molar-refractivity contribution in [2.24, 2.45) is 0 Å². The van der Waals surface area contributed by atoms with Crippen LogP contribution in [0.15, 0.2) is 30.5 Å². The summed E-state index contributed by atoms with van der Waals surface area (Å²) in [6, 6.07) is 9.01. The quantitative estimate of drug-likeness (QED) is 0.653. The molecule has 120 valence electrons. The Kier molecular flexibility index (Phi) is 3.92. The number of hydrogen-bond acceptors (Lipinski definition) is 2. The van der Waals surface area contributed by atoms with E-state index in [-0.39, 0.29) is 0 Å². The van der Waals surface area contributed by atoms with E-state index in [4.69, 9.17) is 0 Å². The van der Waals surface area contributed by atoms with Crippen LogP contribution in [0.1, 0.15) is 42.3 Å². The first kappa shape index (κ1) is 14.5. The van der Waals surface area contributed by atoms with Gasteiger partial charge >= 0.3 is 0 Å². The molecular formula is C19H24N4. The molecule has 3 aromatic rings. The van der Waals surface area contributed by atoms with Gasteiger partial charge in [-0.25, -0.2) is 0 Å². The van der Waals surface area contributed by atoms with Gasteiger partial charge in [-0.3, -0.25) is 5.10 Å². The lowest BCUT2D eigenvalue weighted by Gasteiger charge is -2.13. The van der Waals surface area contributed by atoms with Crippen molar-refractivity contribution in [3.05, 3.63) is 53.0 Å². The zero-order valence-corrected chi connectivity index (χ0v) is 13.7. The highest BCUT2D eigenvalue weighted by Crippen LogP contribution is 2.23. The van der Waals surface area contributed by atoms with Crippen LogP contribution in [0.5, 0.6) is 0 Å². The van der Waals surface area contributed by atoms with E-state index in [9.17, 15) is 0 Å². The minimum Gasteiger partial charge on any atom is -0.361 e. The summed E-state index contributed by atoms with van der Waals surface area (Å²) in [6.45, 7) is 3.14. The lowest BCUT2D eigenvalue weighted by atomic mass is 10.1. The molecule has 4 nitrogen and oxygen atoms in total. The molecule has 0 spiro atoms. The predicted octanol–water partition coefficient (Wildman–Crippen LogP) is 3.49. The summed E-state index contributed by atoms with van der Waals surface area (Å²) in [7, 11) is 0. The summed E-state index contributed by atoms with van der Waals surface area (Å²) in [6.07, 6.45) is 8.00. The Balaban J connectivity index is 1.32. The van der Waals surface area contributed by atoms with Gasteiger partial charge in [-0.1, -0.05) is 18.2 Å². The third-order valence-electron chi connectivity index (χ3n) is 5.03. The zero-order valence-electron chi connectivity index (χ0n) is 13.7. The molecule has 3 N–H and O–H groups in total. The van der Waals surface area contributed by atoms with Crippen LogP contribution in [-0.4, -0.2) is 21.2 Å². The van der Waals surface area contributed by atoms with Gasteiger partial charge in [0.15, 0.2) is 0 Å². The molecule has 4 rings (SSSR count). The Labute approximate surface area is 136 Å². The Morgan fingerprint density at radius 1 is 1.26 bits per heavy atom. The second kappa shape index (κ2) is 6.20. The number of aryl methyl sites for hydroxylation is 2. The SMILES string of the molecule is CC(CCc1c[nH]c2ccccc12)NCc1n[nH]c2c1CCC2. The van der Waals surface area contributed by atoms with Gasteiger partial charge in [-0.05, 0) is 56.2 Å². The van der Waals surface area contributed by atoms with Crippen LogP contribution in [0.2, 0.25) is 0 Å². The molecule has 0 amide bonds. The number of benzene rings is 1. The molecule has 1 aliphatic rings. The monoisotopic (exact) mass is 308 g/mol. The third kappa shape index (κ3) is 2.91. The van der Waals surface area contributed by atoms with Crippen molar-refractivity contribution in [1.29, 1.82) is 0 Å². The number of hydrogen-bond donors (Lipinski definition) is 3. The number of H-pyrrole nitrogens is 2. The van der Waals surface area contributed by atoms with Gasteiger partial charge in [-0.2, -0.15) is 5.10 Å². The number of rotatable bonds is 6. The van der Waals surface area contributed by atoms with E-state index < -0.39 is 0 Å². The molecule has 1 aromatic carbocycles. The fourth-order valence-electron chi connectivity index (χ4n) is 3.62. The molecule has 2 heterocycles. The largest absolute Gasteiger partial charge is 0.361 e. The van der Waals surface area contributed by atoms with E-state index in [2.05, 4.69) is 57.9 Å². The summed E-state index contributed by atoms with van der Waals surface area (Å²) in [5.74, 6) is 0. The average Bonchev–Trinajstić information content (AvgIpc) is 3.27. The fraction of sp³-hybridized carbons (Fsp3) is 0.421. The summed E-state index contributed by atoms with van der Waals surface area (Å²) in [4.78, 5) is 3.36. The van der Waals surface area contributed by atoms with Gasteiger partial charge in [0.1, 0.15) is 0 Å². The smallest absolute Gasteiger partial charge is 0.0794 e. The maximum Gasteiger partial charge on any atom is 0.0794 e. The standard InChI is InChI=1S/C19H24N4/c1-13(20-12-19-16-6-4-8-18(16)22-23-19)9-10-14-11-21-17-7-3-2-5-15(14)17/h2-3,5,7,11,13,20-21H,4,6,8-10,12H2,1H3,(H,22,23). The molecule has 0 aliphatic heterocycles. The third-order valence-corrected chi connectivity index (χ3v) is 5.03. The van der Waals surface area contributed by atoms with E-state index in [1.807, 2.05) is 0 Å². The molecule has 0 saturated heterocycles. The van der Waals surface area contributed by atoms with Gasteiger partial charge in [0.05, 0.1) is 5.69 Å². The number of aromatic amines is 2. The highest BCUT2D eigenvalue weighted by molar-refractivity contribution is 5.82. The molecule has 1 aliphatic carbocycles. The van der Waals surface area contributed by atoms with Crippen LogP contribution in [-0.2, 0) is 25.8 Å². The van der Waals surface area contributed by atoms with Crippen LogP contribution in [0.3, 0.4) is 0 Å². The highest BCUT2D eigenvalue weighted by Gasteiger charge is 2.18. The first-order valence-corrected chi connectivity index (χ1v) is 8.64. The molecule has 23 heavy (non-hydrogen) atoms. The van der Waals surface area contributed by atoms with Crippen molar-refractivity contribution in [3.63, 3.8) is 0 Å². The lowest BCUT2D eigenvalue weighted by molar-refractivity contribution is 0.508. The van der Waals surface area contributed by atoms with Crippen LogP contribution in [0.25, 0.3) is 10.9 Å². The number of fused-ring (bicyclic) bond motifs is 2. The lowest BCUT2D eigenvalue weighted by Crippen LogP contribution is -2.26. The highest BCUT2D eigenvalue weighted by atomic mass is 15.1. The molecule has 0 radical (unpaired) electrons. The second-order valence-electron chi connectivity index (χ2n) is 6.66. The summed E-state index contributed by atoms with van der Waals surface area (Å²) < 4.78 is 0. The maximum atomic E-state index is 4.47. The van der Waals surface area contributed by atoms with Crippen molar-refractivity contribution in [3.8, 4) is 0 Å². The number of nitrogens with one attached hydrogen (secondary N) is 3. The van der Waals surface area contributed by atoms with Crippen molar-refractivity contribution in [2.75, 3.05) is 0 Å². The Bertz CT molecular complexity index is 799. The van der Waals surface area contributed by atoms with Crippen molar-refractivity contribution in [1.82, 2.24) is 20.5 Å². The average molecular weight is 308 g/mol. The first-order valence-electron chi connectivity index (χ1n) is 8.64. The molecule has 0 saturated carbocycles. The van der Waals surface area contributed by atoms with Crippen molar-refractivity contribution < 1.29 is 0 Å². The van der Waals surface area contributed by atoms with Crippen molar-refractivity contribution >= 4 is 10.9 Å². The molecule has 0 bridgehead atoms. The Morgan fingerprint density at radius 3 is 3.13 bits per heavy atom. The van der Waals surface area contributed by atoms with Crippen LogP contribution < -0.4 is 5.32 Å². The van der Waals surface area contributed by atoms with E-state index >= 15 is 0 Å². The number of nitrogens with zero attached hydrogens (tertiary/aromatic N) is 1. The van der Waals surface area contributed by atoms with E-state index in [0.29, 0.717) is 6.04 Å². The number of aromatic nitrogens is 3. The molecule has 4 heteroatoms. The van der Waals surface area contributed by atoms with Gasteiger partial charge in [0, 0.05) is 35.4 Å². The predicted molar refractivity (Wildman–Crippen MR) is 93.5 cm³/mol. The summed E-state index contributed by atoms with van der Waals surface area (Å²) in [5.41, 5.74) is 6.68. The fourth-order valence-corrected chi connectivity index (χ4v) is 3.62. The molecule has 1 unspecified atom stereocenters. The first-order chi connectivity index (χ1) is 11.3. The van der Waals surface area contributed by atoms with E-state index in [0.717, 1.165) is 19.4 Å². The molecular weight excluding hydrogens is 284 g/mol. The van der Waals surface area contributed by atoms with Gasteiger partial charge in [0.2, 0.25) is 0 Å². The maximum absolute atomic E-state index is 4.47. The van der Waals surface area contributed by atoms with Crippen LogP contribution in [0, 0.1) is 0 Å². The Morgan fingerprint density at radius 2 is 2.17 bits per heavy atom. The molecule has 2 aromatic heterocycles. The minimum atomic E-state index is 0.484. The summed E-state index contributed by atoms with van der Waals surface area (Å²) in [5, 5.41) is 12.6. The summed E-state index contributed by atoms with van der Waals surface area (Å²) >= 11 is 0. The normalized spacial score (nSPS) is 15.2.